The van der Waals surface area contributed by atoms with Gasteiger partial charge in [-0.2, -0.15) is 5.10 Å². The lowest BCUT2D eigenvalue weighted by molar-refractivity contribution is -0.122. The smallest absolute Gasteiger partial charge is 0.229 e. The summed E-state index contributed by atoms with van der Waals surface area (Å²) < 4.78 is 0. The molecule has 1 atom stereocenters. The van der Waals surface area contributed by atoms with E-state index in [4.69, 9.17) is 0 Å². The molecule has 0 bridgehead atoms. The molecule has 6 heteroatoms. The maximum Gasteiger partial charge on any atom is 0.229 e. The molecule has 0 unspecified atom stereocenters. The number of hydrogen-bond donors (Lipinski definition) is 2. The van der Waals surface area contributed by atoms with E-state index < -0.39 is 0 Å². The molecule has 1 saturated heterocycles. The van der Waals surface area contributed by atoms with Crippen molar-refractivity contribution in [1.29, 1.82) is 0 Å². The number of amides is 2. The molecule has 2 heterocycles. The number of nitrogens with zero attached hydrogens (tertiary/aromatic N) is 2. The summed E-state index contributed by atoms with van der Waals surface area (Å²) in [6.45, 7) is 0.396. The Morgan fingerprint density at radius 2 is 2.00 bits per heavy atom. The summed E-state index contributed by atoms with van der Waals surface area (Å²) >= 11 is 0. The number of H-pyrrole nitrogens is 1. The Morgan fingerprint density at radius 1 is 1.17 bits per heavy atom. The van der Waals surface area contributed by atoms with Gasteiger partial charge in [-0.05, 0) is 18.2 Å². The van der Waals surface area contributed by atoms with Crippen LogP contribution >= 0.6 is 0 Å². The lowest BCUT2D eigenvalue weighted by atomic mass is 10.1. The van der Waals surface area contributed by atoms with Gasteiger partial charge in [-0.3, -0.25) is 14.7 Å². The quantitative estimate of drug-likeness (QED) is 0.778. The van der Waals surface area contributed by atoms with Gasteiger partial charge in [0.15, 0.2) is 0 Å². The third-order valence-electron chi connectivity index (χ3n) is 4.30. The standard InChI is InChI=1S/C18H16N4O2/c23-16-9-13(11-22(16)14-6-2-1-3-7-14)18(24)20-15-8-4-5-12-10-19-21-17(12)15/h1-8,10,13H,9,11H2,(H,19,21)(H,20,24)/t13-/m0/s1. The second kappa shape index (κ2) is 5.81. The van der Waals surface area contributed by atoms with E-state index in [-0.39, 0.29) is 24.2 Å². The van der Waals surface area contributed by atoms with E-state index in [0.717, 1.165) is 16.6 Å². The number of aromatic nitrogens is 2. The number of nitrogens with one attached hydrogen (secondary N) is 2. The fourth-order valence-electron chi connectivity index (χ4n) is 3.05. The van der Waals surface area contributed by atoms with Gasteiger partial charge in [-0.15, -0.1) is 0 Å². The van der Waals surface area contributed by atoms with Crippen LogP contribution in [0.5, 0.6) is 0 Å². The molecule has 1 aliphatic heterocycles. The molecule has 2 aromatic carbocycles. The lowest BCUT2D eigenvalue weighted by Gasteiger charge is -2.16. The third kappa shape index (κ3) is 2.52. The summed E-state index contributed by atoms with van der Waals surface area (Å²) in [5.41, 5.74) is 2.30. The zero-order chi connectivity index (χ0) is 16.5. The zero-order valence-corrected chi connectivity index (χ0v) is 12.9. The van der Waals surface area contributed by atoms with Crippen LogP contribution in [0.1, 0.15) is 6.42 Å². The van der Waals surface area contributed by atoms with Gasteiger partial charge in [-0.25, -0.2) is 0 Å². The van der Waals surface area contributed by atoms with E-state index in [1.807, 2.05) is 48.5 Å². The number of aromatic amines is 1. The highest BCUT2D eigenvalue weighted by atomic mass is 16.2. The third-order valence-corrected chi connectivity index (χ3v) is 4.30. The first-order chi connectivity index (χ1) is 11.7. The van der Waals surface area contributed by atoms with Crippen LogP contribution in [0.25, 0.3) is 10.9 Å². The van der Waals surface area contributed by atoms with Gasteiger partial charge in [0.2, 0.25) is 11.8 Å². The summed E-state index contributed by atoms with van der Waals surface area (Å²) in [6, 6.07) is 15.0. The van der Waals surface area contributed by atoms with Crippen LogP contribution in [0.3, 0.4) is 0 Å². The van der Waals surface area contributed by atoms with E-state index in [1.165, 1.54) is 0 Å². The normalized spacial score (nSPS) is 17.4. The molecule has 6 nitrogen and oxygen atoms in total. The molecule has 120 valence electrons. The van der Waals surface area contributed by atoms with Crippen molar-refractivity contribution in [1.82, 2.24) is 10.2 Å². The van der Waals surface area contributed by atoms with Crippen molar-refractivity contribution < 1.29 is 9.59 Å². The highest BCUT2D eigenvalue weighted by molar-refractivity contribution is 6.06. The van der Waals surface area contributed by atoms with Gasteiger partial charge in [0, 0.05) is 24.0 Å². The highest BCUT2D eigenvalue weighted by Gasteiger charge is 2.35. The zero-order valence-electron chi connectivity index (χ0n) is 12.9. The first-order valence-electron chi connectivity index (χ1n) is 7.81. The Bertz CT molecular complexity index is 904. The van der Waals surface area contributed by atoms with Gasteiger partial charge in [-0.1, -0.05) is 30.3 Å². The minimum absolute atomic E-state index is 0.0268. The molecular weight excluding hydrogens is 304 g/mol. The fourth-order valence-corrected chi connectivity index (χ4v) is 3.05. The maximum atomic E-state index is 12.6. The van der Waals surface area contributed by atoms with E-state index in [2.05, 4.69) is 15.5 Å². The van der Waals surface area contributed by atoms with Crippen molar-refractivity contribution in [3.63, 3.8) is 0 Å². The lowest BCUT2D eigenvalue weighted by Crippen LogP contribution is -2.28. The molecule has 24 heavy (non-hydrogen) atoms. The van der Waals surface area contributed by atoms with Gasteiger partial charge in [0.1, 0.15) is 0 Å². The summed E-state index contributed by atoms with van der Waals surface area (Å²) in [4.78, 5) is 26.5. The summed E-state index contributed by atoms with van der Waals surface area (Å²) in [6.07, 6.45) is 1.93. The topological polar surface area (TPSA) is 78.1 Å². The second-order valence-electron chi connectivity index (χ2n) is 5.87. The second-order valence-corrected chi connectivity index (χ2v) is 5.87. The van der Waals surface area contributed by atoms with Gasteiger partial charge in [0.25, 0.3) is 0 Å². The average Bonchev–Trinajstić information content (AvgIpc) is 3.23. The van der Waals surface area contributed by atoms with Gasteiger partial charge >= 0.3 is 0 Å². The number of benzene rings is 2. The van der Waals surface area contributed by atoms with Crippen LogP contribution in [0.15, 0.2) is 54.7 Å². The predicted octanol–water partition coefficient (Wildman–Crippen LogP) is 2.55. The molecule has 0 saturated carbocycles. The van der Waals surface area contributed by atoms with Crippen molar-refractivity contribution in [3.05, 3.63) is 54.7 Å². The molecule has 1 fully saturated rings. The molecular formula is C18H16N4O2. The molecule has 1 aromatic heterocycles. The molecule has 2 N–H and O–H groups in total. The van der Waals surface area contributed by atoms with Crippen molar-refractivity contribution in [2.45, 2.75) is 6.42 Å². The average molecular weight is 320 g/mol. The minimum atomic E-state index is -0.365. The largest absolute Gasteiger partial charge is 0.324 e. The molecule has 0 radical (unpaired) electrons. The SMILES string of the molecule is O=C(Nc1cccc2cn[nH]c12)[C@H]1CC(=O)N(c2ccccc2)C1. The van der Waals surface area contributed by atoms with Crippen LogP contribution in [0.2, 0.25) is 0 Å². The number of rotatable bonds is 3. The van der Waals surface area contributed by atoms with E-state index >= 15 is 0 Å². The first kappa shape index (κ1) is 14.4. The number of carbonyl (C=O) groups is 2. The van der Waals surface area contributed by atoms with Gasteiger partial charge < -0.3 is 10.2 Å². The Morgan fingerprint density at radius 3 is 2.83 bits per heavy atom. The Balaban J connectivity index is 1.52. The van der Waals surface area contributed by atoms with Crippen molar-refractivity contribution >= 4 is 34.1 Å². The van der Waals surface area contributed by atoms with Crippen molar-refractivity contribution in [3.8, 4) is 0 Å². The molecule has 2 amide bonds. The Hall–Kier alpha value is -3.15. The summed E-state index contributed by atoms with van der Waals surface area (Å²) in [5.74, 6) is -0.541. The number of carbonyl (C=O) groups excluding carboxylic acids is 2. The van der Waals surface area contributed by atoms with E-state index in [0.29, 0.717) is 12.2 Å². The van der Waals surface area contributed by atoms with Crippen LogP contribution < -0.4 is 10.2 Å². The van der Waals surface area contributed by atoms with Crippen LogP contribution in [0, 0.1) is 5.92 Å². The molecule has 4 rings (SSSR count). The monoisotopic (exact) mass is 320 g/mol. The number of para-hydroxylation sites is 2. The van der Waals surface area contributed by atoms with Gasteiger partial charge in [0.05, 0.1) is 23.3 Å². The van der Waals surface area contributed by atoms with E-state index in [9.17, 15) is 9.59 Å². The maximum absolute atomic E-state index is 12.6. The van der Waals surface area contributed by atoms with Crippen molar-refractivity contribution in [2.75, 3.05) is 16.8 Å². The molecule has 1 aliphatic rings. The molecule has 0 spiro atoms. The Kier molecular flexibility index (Phi) is 3.49. The number of hydrogen-bond acceptors (Lipinski definition) is 3. The first-order valence-corrected chi connectivity index (χ1v) is 7.81. The summed E-state index contributed by atoms with van der Waals surface area (Å²) in [5, 5.41) is 10.7. The minimum Gasteiger partial charge on any atom is -0.324 e. The van der Waals surface area contributed by atoms with Crippen LogP contribution in [-0.2, 0) is 9.59 Å². The highest BCUT2D eigenvalue weighted by Crippen LogP contribution is 2.27. The predicted molar refractivity (Wildman–Crippen MR) is 91.6 cm³/mol. The number of fused-ring (bicyclic) bond motifs is 1. The van der Waals surface area contributed by atoms with Crippen LogP contribution in [-0.4, -0.2) is 28.6 Å². The molecule has 3 aromatic rings. The molecule has 0 aliphatic carbocycles. The fraction of sp³-hybridized carbons (Fsp3) is 0.167. The van der Waals surface area contributed by atoms with Crippen LogP contribution in [0.4, 0.5) is 11.4 Å². The van der Waals surface area contributed by atoms with Crippen molar-refractivity contribution in [2.24, 2.45) is 5.92 Å². The summed E-state index contributed by atoms with van der Waals surface area (Å²) in [7, 11) is 0. The Labute approximate surface area is 138 Å². The number of anilines is 2. The van der Waals surface area contributed by atoms with E-state index in [1.54, 1.807) is 11.1 Å².